The molecule has 0 unspecified atom stereocenters. The van der Waals surface area contributed by atoms with Gasteiger partial charge < -0.3 is 0 Å². The Morgan fingerprint density at radius 1 is 1.67 bits per heavy atom. The molecule has 0 amide bonds. The summed E-state index contributed by atoms with van der Waals surface area (Å²) in [6, 6.07) is 3.81. The lowest BCUT2D eigenvalue weighted by Crippen LogP contribution is -1.43. The lowest BCUT2D eigenvalue weighted by Gasteiger charge is -1.64. The molecular formula is C5H4S. The van der Waals surface area contributed by atoms with Gasteiger partial charge in [-0.3, -0.25) is 0 Å². The fourth-order valence-corrected chi connectivity index (χ4v) is 0.763. The standard InChI is InChI=1S/C5H4S/c1-5-3-2-4-6-5/h1-4H. The van der Waals surface area contributed by atoms with Crippen molar-refractivity contribution in [2.24, 2.45) is 0 Å². The minimum absolute atomic E-state index is 0.884. The van der Waals surface area contributed by atoms with Gasteiger partial charge in [-0.25, -0.2) is 0 Å². The molecule has 0 nitrogen and oxygen atoms in total. The van der Waals surface area contributed by atoms with E-state index in [1.165, 1.54) is 0 Å². The Kier molecular flexibility index (Phi) is 0.926. The average molecular weight is 96.2 g/mol. The van der Waals surface area contributed by atoms with Crippen LogP contribution in [0.2, 0.25) is 0 Å². The monoisotopic (exact) mass is 96.0 g/mol. The van der Waals surface area contributed by atoms with E-state index in [2.05, 4.69) is 0 Å². The first-order chi connectivity index (χ1) is 2.89. The van der Waals surface area contributed by atoms with Gasteiger partial charge in [0.15, 0.2) is 0 Å². The Hall–Kier alpha value is -0.300. The van der Waals surface area contributed by atoms with Crippen LogP contribution in [0.4, 0.5) is 0 Å². The summed E-state index contributed by atoms with van der Waals surface area (Å²) in [7, 11) is 0. The summed E-state index contributed by atoms with van der Waals surface area (Å²) in [5.74, 6) is 0. The predicted octanol–water partition coefficient (Wildman–Crippen LogP) is 1.81. The van der Waals surface area contributed by atoms with Gasteiger partial charge in [-0.15, -0.1) is 11.3 Å². The van der Waals surface area contributed by atoms with Gasteiger partial charge in [0, 0.05) is 11.8 Å². The molecule has 1 heterocycles. The molecule has 0 N–H and O–H groups in total. The van der Waals surface area contributed by atoms with Crippen LogP contribution in [0, 0.1) is 6.92 Å². The zero-order valence-corrected chi connectivity index (χ0v) is 4.03. The van der Waals surface area contributed by atoms with Gasteiger partial charge in [0.1, 0.15) is 0 Å². The lowest BCUT2D eigenvalue weighted by molar-refractivity contribution is 1.89. The zero-order valence-electron chi connectivity index (χ0n) is 3.22. The molecule has 2 radical (unpaired) electrons. The third-order valence-corrected chi connectivity index (χ3v) is 1.24. The molecule has 0 fully saturated rings. The quantitative estimate of drug-likeness (QED) is 0.462. The lowest BCUT2D eigenvalue weighted by atomic mass is 10.5. The summed E-state index contributed by atoms with van der Waals surface area (Å²) in [5, 5.41) is 1.95. The molecule has 0 aliphatic carbocycles. The van der Waals surface area contributed by atoms with Crippen LogP contribution in [-0.4, -0.2) is 0 Å². The second-order valence-corrected chi connectivity index (χ2v) is 1.99. The number of thiophene rings is 1. The molecule has 0 atom stereocenters. The molecule has 0 bridgehead atoms. The van der Waals surface area contributed by atoms with Gasteiger partial charge in [0.25, 0.3) is 0 Å². The van der Waals surface area contributed by atoms with Crippen molar-refractivity contribution in [3.05, 3.63) is 29.3 Å². The third kappa shape index (κ3) is 0.601. The molecule has 1 aromatic heterocycles. The van der Waals surface area contributed by atoms with Crippen molar-refractivity contribution < 1.29 is 0 Å². The maximum Gasteiger partial charge on any atom is 0.00986 e. The van der Waals surface area contributed by atoms with Crippen LogP contribution in [-0.2, 0) is 0 Å². The van der Waals surface area contributed by atoms with Gasteiger partial charge in [0.2, 0.25) is 0 Å². The van der Waals surface area contributed by atoms with E-state index >= 15 is 0 Å². The molecule has 1 rings (SSSR count). The van der Waals surface area contributed by atoms with Crippen molar-refractivity contribution in [1.82, 2.24) is 0 Å². The summed E-state index contributed by atoms with van der Waals surface area (Å²) in [6.45, 7) is 5.30. The third-order valence-electron chi connectivity index (χ3n) is 0.543. The van der Waals surface area contributed by atoms with Crippen LogP contribution >= 0.6 is 11.3 Å². The van der Waals surface area contributed by atoms with E-state index in [0.29, 0.717) is 0 Å². The van der Waals surface area contributed by atoms with Gasteiger partial charge in [0.05, 0.1) is 0 Å². The van der Waals surface area contributed by atoms with E-state index in [9.17, 15) is 0 Å². The first-order valence-electron chi connectivity index (χ1n) is 1.68. The summed E-state index contributed by atoms with van der Waals surface area (Å²) in [5.41, 5.74) is 0. The second-order valence-electron chi connectivity index (χ2n) is 1.02. The predicted molar refractivity (Wildman–Crippen MR) is 27.7 cm³/mol. The first-order valence-corrected chi connectivity index (χ1v) is 2.56. The fraction of sp³-hybridized carbons (Fsp3) is 0. The number of hydrogen-bond donors (Lipinski definition) is 0. The first kappa shape index (κ1) is 3.88. The van der Waals surface area contributed by atoms with Crippen molar-refractivity contribution in [2.75, 3.05) is 0 Å². The molecule has 0 saturated heterocycles. The molecule has 30 valence electrons. The SMILES string of the molecule is [CH]c1cccs1. The van der Waals surface area contributed by atoms with E-state index in [1.54, 1.807) is 11.3 Å². The minimum Gasteiger partial charge on any atom is -0.149 e. The minimum atomic E-state index is 0.884. The Balaban J connectivity index is 3.05. The molecule has 0 spiro atoms. The molecule has 0 aliphatic rings. The van der Waals surface area contributed by atoms with Crippen LogP contribution in [0.15, 0.2) is 17.5 Å². The molecule has 0 saturated carbocycles. The van der Waals surface area contributed by atoms with E-state index in [1.807, 2.05) is 17.5 Å². The van der Waals surface area contributed by atoms with Crippen molar-refractivity contribution in [3.63, 3.8) is 0 Å². The van der Waals surface area contributed by atoms with Gasteiger partial charge in [-0.1, -0.05) is 6.07 Å². The van der Waals surface area contributed by atoms with Crippen LogP contribution in [0.25, 0.3) is 0 Å². The number of rotatable bonds is 0. The summed E-state index contributed by atoms with van der Waals surface area (Å²) in [4.78, 5) is 0.884. The normalized spacial score (nSPS) is 8.83. The van der Waals surface area contributed by atoms with Crippen molar-refractivity contribution in [1.29, 1.82) is 0 Å². The van der Waals surface area contributed by atoms with Crippen LogP contribution in [0.1, 0.15) is 4.88 Å². The number of hydrogen-bond acceptors (Lipinski definition) is 1. The van der Waals surface area contributed by atoms with Crippen molar-refractivity contribution in [2.45, 2.75) is 0 Å². The Bertz CT molecular complexity index is 107. The highest BCUT2D eigenvalue weighted by Gasteiger charge is 1.75. The van der Waals surface area contributed by atoms with Crippen molar-refractivity contribution >= 4 is 11.3 Å². The van der Waals surface area contributed by atoms with Crippen LogP contribution in [0.5, 0.6) is 0 Å². The van der Waals surface area contributed by atoms with Gasteiger partial charge in [-0.05, 0) is 11.4 Å². The second kappa shape index (κ2) is 1.43. The summed E-state index contributed by atoms with van der Waals surface area (Å²) < 4.78 is 0. The van der Waals surface area contributed by atoms with Crippen molar-refractivity contribution in [3.8, 4) is 0 Å². The zero-order chi connectivity index (χ0) is 4.41. The molecule has 6 heavy (non-hydrogen) atoms. The average Bonchev–Trinajstić information content (AvgIpc) is 1.86. The molecule has 0 aliphatic heterocycles. The molecule has 1 heteroatoms. The Morgan fingerprint density at radius 2 is 2.50 bits per heavy atom. The van der Waals surface area contributed by atoms with Gasteiger partial charge >= 0.3 is 0 Å². The Labute approximate surface area is 41.4 Å². The fourth-order valence-electron chi connectivity index (χ4n) is 0.291. The molecule has 1 aromatic rings. The maximum absolute atomic E-state index is 5.30. The molecule has 0 aromatic carbocycles. The van der Waals surface area contributed by atoms with E-state index in [4.69, 9.17) is 6.92 Å². The molecular weight excluding hydrogens is 92.1 g/mol. The van der Waals surface area contributed by atoms with Crippen LogP contribution in [0.3, 0.4) is 0 Å². The summed E-state index contributed by atoms with van der Waals surface area (Å²) in [6.07, 6.45) is 0. The van der Waals surface area contributed by atoms with Gasteiger partial charge in [-0.2, -0.15) is 0 Å². The van der Waals surface area contributed by atoms with E-state index < -0.39 is 0 Å². The smallest absolute Gasteiger partial charge is 0.00986 e. The van der Waals surface area contributed by atoms with E-state index in [-0.39, 0.29) is 0 Å². The highest BCUT2D eigenvalue weighted by molar-refractivity contribution is 7.10. The largest absolute Gasteiger partial charge is 0.149 e. The van der Waals surface area contributed by atoms with E-state index in [0.717, 1.165) is 4.88 Å². The Morgan fingerprint density at radius 3 is 2.67 bits per heavy atom. The highest BCUT2D eigenvalue weighted by atomic mass is 32.1. The van der Waals surface area contributed by atoms with Crippen LogP contribution < -0.4 is 0 Å². The summed E-state index contributed by atoms with van der Waals surface area (Å²) >= 11 is 1.56. The maximum atomic E-state index is 5.30. The topological polar surface area (TPSA) is 0 Å². The highest BCUT2D eigenvalue weighted by Crippen LogP contribution is 2.03.